The number of amides is 1. The fourth-order valence-corrected chi connectivity index (χ4v) is 3.42. The SMILES string of the molecule is CC1COCC1CN1CCN(C(=O)OCc2ccc(Br)cc2)C1=N[N+](=O)[O-]. The molecule has 0 aliphatic carbocycles. The third kappa shape index (κ3) is 4.95. The summed E-state index contributed by atoms with van der Waals surface area (Å²) in [6.07, 6.45) is -0.642. The van der Waals surface area contributed by atoms with E-state index in [9.17, 15) is 14.9 Å². The maximum Gasteiger partial charge on any atom is 0.417 e. The van der Waals surface area contributed by atoms with Gasteiger partial charge in [-0.15, -0.1) is 0 Å². The topological polar surface area (TPSA) is 97.5 Å². The highest BCUT2D eigenvalue weighted by molar-refractivity contribution is 9.10. The summed E-state index contributed by atoms with van der Waals surface area (Å²) in [5, 5.41) is 13.6. The summed E-state index contributed by atoms with van der Waals surface area (Å²) in [7, 11) is 0. The van der Waals surface area contributed by atoms with Gasteiger partial charge in [-0.3, -0.25) is 0 Å². The van der Waals surface area contributed by atoms with Crippen LogP contribution in [0.1, 0.15) is 12.5 Å². The lowest BCUT2D eigenvalue weighted by atomic mass is 9.98. The van der Waals surface area contributed by atoms with Gasteiger partial charge in [0.05, 0.1) is 13.2 Å². The summed E-state index contributed by atoms with van der Waals surface area (Å²) in [5.74, 6) is 0.640. The van der Waals surface area contributed by atoms with Crippen LogP contribution in [-0.2, 0) is 16.1 Å². The zero-order valence-corrected chi connectivity index (χ0v) is 16.5. The Morgan fingerprint density at radius 2 is 2.11 bits per heavy atom. The van der Waals surface area contributed by atoms with Crippen LogP contribution in [0.15, 0.2) is 33.8 Å². The number of hydrogen-bond donors (Lipinski definition) is 0. The molecule has 0 bridgehead atoms. The van der Waals surface area contributed by atoms with Crippen LogP contribution in [0.5, 0.6) is 0 Å². The lowest BCUT2D eigenvalue weighted by Crippen LogP contribution is -2.41. The van der Waals surface area contributed by atoms with Gasteiger partial charge in [-0.05, 0) is 23.6 Å². The zero-order chi connectivity index (χ0) is 19.4. The molecule has 2 saturated heterocycles. The Hall–Kier alpha value is -2.20. The van der Waals surface area contributed by atoms with E-state index in [1.165, 1.54) is 4.90 Å². The first kappa shape index (κ1) is 19.6. The van der Waals surface area contributed by atoms with Crippen molar-refractivity contribution in [3.05, 3.63) is 44.4 Å². The highest BCUT2D eigenvalue weighted by atomic mass is 79.9. The lowest BCUT2D eigenvalue weighted by molar-refractivity contribution is -0.486. The number of benzene rings is 1. The third-order valence-corrected chi connectivity index (χ3v) is 5.29. The molecule has 10 heteroatoms. The van der Waals surface area contributed by atoms with Gasteiger partial charge in [0.15, 0.2) is 5.03 Å². The molecular formula is C17H21BrN4O5. The molecule has 0 aromatic heterocycles. The number of halogens is 1. The number of nitrogens with zero attached hydrogens (tertiary/aromatic N) is 4. The molecular weight excluding hydrogens is 420 g/mol. The molecule has 0 saturated carbocycles. The standard InChI is InChI=1S/C17H21BrN4O5/c1-12-9-26-11-14(12)8-20-6-7-21(16(20)19-22(24)25)17(23)27-10-13-2-4-15(18)5-3-13/h2-5,12,14H,6-11H2,1H3. The van der Waals surface area contributed by atoms with Gasteiger partial charge in [0, 0.05) is 30.1 Å². The third-order valence-electron chi connectivity index (χ3n) is 4.76. The fraction of sp³-hybridized carbons (Fsp3) is 0.529. The van der Waals surface area contributed by atoms with Gasteiger partial charge in [0.25, 0.3) is 5.96 Å². The number of ether oxygens (including phenoxy) is 2. The second-order valence-corrected chi connectivity index (χ2v) is 7.61. The van der Waals surface area contributed by atoms with Crippen molar-refractivity contribution in [1.29, 1.82) is 0 Å². The molecule has 3 rings (SSSR count). The number of rotatable bonds is 5. The van der Waals surface area contributed by atoms with E-state index in [4.69, 9.17) is 9.47 Å². The Balaban J connectivity index is 1.65. The molecule has 0 spiro atoms. The van der Waals surface area contributed by atoms with Gasteiger partial charge in [-0.2, -0.15) is 0 Å². The zero-order valence-electron chi connectivity index (χ0n) is 14.9. The molecule has 0 N–H and O–H groups in total. The van der Waals surface area contributed by atoms with Crippen molar-refractivity contribution < 1.29 is 19.3 Å². The fourth-order valence-electron chi connectivity index (χ4n) is 3.15. The number of nitro groups is 1. The molecule has 2 fully saturated rings. The first-order valence-corrected chi connectivity index (χ1v) is 9.47. The number of hydrazone groups is 1. The molecule has 2 unspecified atom stereocenters. The van der Waals surface area contributed by atoms with Gasteiger partial charge in [0.1, 0.15) is 11.7 Å². The van der Waals surface area contributed by atoms with Crippen LogP contribution in [0.25, 0.3) is 0 Å². The summed E-state index contributed by atoms with van der Waals surface area (Å²) in [6, 6.07) is 7.37. The summed E-state index contributed by atoms with van der Waals surface area (Å²) in [4.78, 5) is 26.4. The maximum absolute atomic E-state index is 12.5. The van der Waals surface area contributed by atoms with Crippen LogP contribution in [0.2, 0.25) is 0 Å². The second kappa shape index (κ2) is 8.66. The van der Waals surface area contributed by atoms with Gasteiger partial charge in [0.2, 0.25) is 0 Å². The first-order chi connectivity index (χ1) is 12.9. The molecule has 2 aliphatic heterocycles. The predicted octanol–water partition coefficient (Wildman–Crippen LogP) is 2.53. The van der Waals surface area contributed by atoms with E-state index >= 15 is 0 Å². The molecule has 2 atom stereocenters. The van der Waals surface area contributed by atoms with Crippen molar-refractivity contribution in [1.82, 2.24) is 9.80 Å². The predicted molar refractivity (Wildman–Crippen MR) is 101 cm³/mol. The van der Waals surface area contributed by atoms with Crippen molar-refractivity contribution in [2.24, 2.45) is 16.9 Å². The number of hydrogen-bond acceptors (Lipinski definition) is 5. The average molecular weight is 441 g/mol. The Kier molecular flexibility index (Phi) is 6.27. The van der Waals surface area contributed by atoms with E-state index < -0.39 is 11.1 Å². The highest BCUT2D eigenvalue weighted by Gasteiger charge is 2.38. The first-order valence-electron chi connectivity index (χ1n) is 8.68. The summed E-state index contributed by atoms with van der Waals surface area (Å²) in [6.45, 7) is 4.79. The molecule has 27 heavy (non-hydrogen) atoms. The molecule has 2 aliphatic rings. The number of guanidine groups is 1. The van der Waals surface area contributed by atoms with E-state index in [2.05, 4.69) is 28.0 Å². The molecule has 1 amide bonds. The largest absolute Gasteiger partial charge is 0.444 e. The van der Waals surface area contributed by atoms with Gasteiger partial charge >= 0.3 is 6.09 Å². The van der Waals surface area contributed by atoms with Crippen LogP contribution >= 0.6 is 15.9 Å². The van der Waals surface area contributed by atoms with Crippen molar-refractivity contribution in [2.75, 3.05) is 32.8 Å². The Labute approximate surface area is 165 Å². The van der Waals surface area contributed by atoms with Crippen molar-refractivity contribution in [3.63, 3.8) is 0 Å². The van der Waals surface area contributed by atoms with E-state index in [0.29, 0.717) is 38.8 Å². The minimum absolute atomic E-state index is 0.0277. The van der Waals surface area contributed by atoms with Crippen LogP contribution in [0.4, 0.5) is 4.79 Å². The number of carbonyl (C=O) groups is 1. The molecule has 1 aromatic rings. The molecule has 146 valence electrons. The van der Waals surface area contributed by atoms with E-state index in [1.807, 2.05) is 24.3 Å². The second-order valence-electron chi connectivity index (χ2n) is 6.69. The van der Waals surface area contributed by atoms with Crippen LogP contribution in [0.3, 0.4) is 0 Å². The Bertz CT molecular complexity index is 727. The summed E-state index contributed by atoms with van der Waals surface area (Å²) < 4.78 is 11.7. The highest BCUT2D eigenvalue weighted by Crippen LogP contribution is 2.23. The normalized spacial score (nSPS) is 23.9. The Morgan fingerprint density at radius 3 is 2.74 bits per heavy atom. The lowest BCUT2D eigenvalue weighted by Gasteiger charge is -2.23. The average Bonchev–Trinajstić information content (AvgIpc) is 3.21. The van der Waals surface area contributed by atoms with Gasteiger partial charge < -0.3 is 14.4 Å². The minimum atomic E-state index is -0.781. The summed E-state index contributed by atoms with van der Waals surface area (Å²) in [5.41, 5.74) is 0.826. The van der Waals surface area contributed by atoms with E-state index in [-0.39, 0.29) is 18.5 Å². The maximum atomic E-state index is 12.5. The van der Waals surface area contributed by atoms with E-state index in [1.54, 1.807) is 4.90 Å². The van der Waals surface area contributed by atoms with Gasteiger partial charge in [-0.1, -0.05) is 35.0 Å². The molecule has 9 nitrogen and oxygen atoms in total. The molecule has 0 radical (unpaired) electrons. The van der Waals surface area contributed by atoms with Crippen LogP contribution in [-0.4, -0.2) is 59.7 Å². The van der Waals surface area contributed by atoms with E-state index in [0.717, 1.165) is 10.0 Å². The van der Waals surface area contributed by atoms with Crippen molar-refractivity contribution in [3.8, 4) is 0 Å². The van der Waals surface area contributed by atoms with Crippen molar-refractivity contribution in [2.45, 2.75) is 13.5 Å². The molecule has 1 aromatic carbocycles. The van der Waals surface area contributed by atoms with Crippen LogP contribution < -0.4 is 0 Å². The Morgan fingerprint density at radius 1 is 1.37 bits per heavy atom. The van der Waals surface area contributed by atoms with Crippen LogP contribution in [0, 0.1) is 22.0 Å². The monoisotopic (exact) mass is 440 g/mol. The van der Waals surface area contributed by atoms with Gasteiger partial charge in [-0.25, -0.2) is 19.8 Å². The minimum Gasteiger partial charge on any atom is -0.444 e. The van der Waals surface area contributed by atoms with Crippen molar-refractivity contribution >= 4 is 28.0 Å². The smallest absolute Gasteiger partial charge is 0.417 e. The number of carbonyl (C=O) groups excluding carboxylic acids is 1. The quantitative estimate of drug-likeness (QED) is 0.515. The summed E-state index contributed by atoms with van der Waals surface area (Å²) >= 11 is 3.35. The molecule has 2 heterocycles.